The summed E-state index contributed by atoms with van der Waals surface area (Å²) >= 11 is 0. The van der Waals surface area contributed by atoms with E-state index in [2.05, 4.69) is 58.3 Å². The Morgan fingerprint density at radius 3 is 2.18 bits per heavy atom. The van der Waals surface area contributed by atoms with E-state index in [9.17, 15) is 4.79 Å². The molecule has 2 aromatic rings. The van der Waals surface area contributed by atoms with Crippen molar-refractivity contribution in [1.29, 1.82) is 0 Å². The Morgan fingerprint density at radius 1 is 0.909 bits per heavy atom. The zero-order valence-electron chi connectivity index (χ0n) is 19.1. The number of ether oxygens (including phenoxy) is 2. The molecule has 5 rings (SSSR count). The molecular weight excluding hydrogens is 418 g/mol. The molecule has 0 aromatic heterocycles. The Labute approximate surface area is 195 Å². The van der Waals surface area contributed by atoms with E-state index in [1.165, 1.54) is 22.3 Å². The van der Waals surface area contributed by atoms with Crippen molar-refractivity contribution in [3.05, 3.63) is 59.7 Å². The summed E-state index contributed by atoms with van der Waals surface area (Å²) in [7, 11) is 0. The molecule has 2 aliphatic heterocycles. The van der Waals surface area contributed by atoms with Crippen molar-refractivity contribution in [3.63, 3.8) is 0 Å². The standard InChI is InChI=1S/C26H33N3O4/c30-14-16-32-15-13-27-9-11-28(12-10-27)20-17-29(18-20)26(31)33-19-25-23-7-3-1-5-21(23)22-6-2-4-8-24(22)25/h1-8,20,25,30H,9-19H2. The molecule has 176 valence electrons. The highest BCUT2D eigenvalue weighted by Gasteiger charge is 2.37. The lowest BCUT2D eigenvalue weighted by Gasteiger charge is -2.47. The Bertz CT molecular complexity index is 909. The van der Waals surface area contributed by atoms with Crippen molar-refractivity contribution in [2.75, 3.05) is 72.2 Å². The maximum atomic E-state index is 12.7. The summed E-state index contributed by atoms with van der Waals surface area (Å²) in [4.78, 5) is 19.4. The average molecular weight is 452 g/mol. The van der Waals surface area contributed by atoms with E-state index in [0.717, 1.165) is 45.8 Å². The number of amides is 1. The number of rotatable bonds is 8. The van der Waals surface area contributed by atoms with Gasteiger partial charge in [-0.15, -0.1) is 0 Å². The average Bonchev–Trinajstić information content (AvgIpc) is 3.14. The van der Waals surface area contributed by atoms with Gasteiger partial charge in [-0.3, -0.25) is 9.80 Å². The van der Waals surface area contributed by atoms with E-state index >= 15 is 0 Å². The zero-order valence-corrected chi connectivity index (χ0v) is 19.1. The van der Waals surface area contributed by atoms with Gasteiger partial charge in [0, 0.05) is 57.8 Å². The molecule has 0 atom stereocenters. The molecule has 7 heteroatoms. The zero-order chi connectivity index (χ0) is 22.6. The first-order chi connectivity index (χ1) is 16.2. The number of nitrogens with zero attached hydrogens (tertiary/aromatic N) is 3. The third-order valence-corrected chi connectivity index (χ3v) is 7.17. The van der Waals surface area contributed by atoms with Crippen LogP contribution in [-0.4, -0.2) is 104 Å². The number of likely N-dealkylation sites (tertiary alicyclic amines) is 1. The minimum absolute atomic E-state index is 0.0790. The predicted octanol–water partition coefficient (Wildman–Crippen LogP) is 2.25. The summed E-state index contributed by atoms with van der Waals surface area (Å²) in [5.74, 6) is 0.104. The minimum atomic E-state index is -0.201. The normalized spacial score (nSPS) is 19.2. The van der Waals surface area contributed by atoms with Gasteiger partial charge in [0.2, 0.25) is 0 Å². The largest absolute Gasteiger partial charge is 0.448 e. The molecule has 0 radical (unpaired) electrons. The van der Waals surface area contributed by atoms with E-state index in [1.54, 1.807) is 0 Å². The second-order valence-electron chi connectivity index (χ2n) is 9.08. The summed E-state index contributed by atoms with van der Waals surface area (Å²) in [5, 5.41) is 8.78. The number of benzene rings is 2. The molecule has 1 aliphatic carbocycles. The number of piperazine rings is 1. The van der Waals surface area contributed by atoms with E-state index in [1.807, 2.05) is 4.90 Å². The van der Waals surface area contributed by atoms with Gasteiger partial charge in [-0.2, -0.15) is 0 Å². The lowest BCUT2D eigenvalue weighted by atomic mass is 9.98. The molecule has 0 spiro atoms. The third-order valence-electron chi connectivity index (χ3n) is 7.17. The van der Waals surface area contributed by atoms with Crippen molar-refractivity contribution < 1.29 is 19.4 Å². The summed E-state index contributed by atoms with van der Waals surface area (Å²) < 4.78 is 11.2. The third kappa shape index (κ3) is 4.77. The number of hydrogen-bond donors (Lipinski definition) is 1. The lowest BCUT2D eigenvalue weighted by molar-refractivity contribution is -0.00451. The molecule has 0 bridgehead atoms. The highest BCUT2D eigenvalue weighted by molar-refractivity contribution is 5.79. The van der Waals surface area contributed by atoms with Crippen LogP contribution in [0.3, 0.4) is 0 Å². The molecular formula is C26H33N3O4. The molecule has 2 saturated heterocycles. The Morgan fingerprint density at radius 2 is 1.55 bits per heavy atom. The van der Waals surface area contributed by atoms with Crippen LogP contribution >= 0.6 is 0 Å². The van der Waals surface area contributed by atoms with Crippen LogP contribution in [-0.2, 0) is 9.47 Å². The molecule has 1 N–H and O–H groups in total. The molecule has 7 nitrogen and oxygen atoms in total. The quantitative estimate of drug-likeness (QED) is 0.621. The Balaban J connectivity index is 1.07. The van der Waals surface area contributed by atoms with Gasteiger partial charge in [0.1, 0.15) is 6.61 Å². The molecule has 3 aliphatic rings. The van der Waals surface area contributed by atoms with Gasteiger partial charge >= 0.3 is 6.09 Å². The molecule has 2 heterocycles. The molecule has 2 fully saturated rings. The van der Waals surface area contributed by atoms with Gasteiger partial charge in [0.15, 0.2) is 0 Å². The smallest absolute Gasteiger partial charge is 0.409 e. The van der Waals surface area contributed by atoms with Gasteiger partial charge in [0.25, 0.3) is 0 Å². The van der Waals surface area contributed by atoms with Crippen LogP contribution < -0.4 is 0 Å². The topological polar surface area (TPSA) is 65.5 Å². The molecule has 0 saturated carbocycles. The lowest BCUT2D eigenvalue weighted by Crippen LogP contribution is -2.64. The fourth-order valence-corrected chi connectivity index (χ4v) is 5.23. The number of aliphatic hydroxyl groups is 1. The number of hydrogen-bond acceptors (Lipinski definition) is 6. The first-order valence-electron chi connectivity index (χ1n) is 12.0. The second kappa shape index (κ2) is 10.2. The van der Waals surface area contributed by atoms with E-state index in [-0.39, 0.29) is 18.6 Å². The molecule has 33 heavy (non-hydrogen) atoms. The van der Waals surface area contributed by atoms with E-state index in [0.29, 0.717) is 25.9 Å². The number of aliphatic hydroxyl groups excluding tert-OH is 1. The molecule has 2 aromatic carbocycles. The molecule has 1 amide bonds. The Hall–Kier alpha value is -2.45. The van der Waals surface area contributed by atoms with Crippen LogP contribution in [0.25, 0.3) is 11.1 Å². The fourth-order valence-electron chi connectivity index (χ4n) is 5.23. The van der Waals surface area contributed by atoms with E-state index in [4.69, 9.17) is 14.6 Å². The first-order valence-corrected chi connectivity index (χ1v) is 12.0. The van der Waals surface area contributed by atoms with Crippen molar-refractivity contribution in [2.45, 2.75) is 12.0 Å². The van der Waals surface area contributed by atoms with Gasteiger partial charge in [-0.1, -0.05) is 48.5 Å². The van der Waals surface area contributed by atoms with Crippen LogP contribution in [0.1, 0.15) is 17.0 Å². The summed E-state index contributed by atoms with van der Waals surface area (Å²) in [6, 6.07) is 17.3. The van der Waals surface area contributed by atoms with Crippen LogP contribution in [0.4, 0.5) is 4.79 Å². The number of fused-ring (bicyclic) bond motifs is 3. The van der Waals surface area contributed by atoms with Crippen LogP contribution in [0.5, 0.6) is 0 Å². The van der Waals surface area contributed by atoms with Gasteiger partial charge in [-0.05, 0) is 22.3 Å². The number of carbonyl (C=O) groups excluding carboxylic acids is 1. The van der Waals surface area contributed by atoms with Gasteiger partial charge < -0.3 is 19.5 Å². The predicted molar refractivity (Wildman–Crippen MR) is 126 cm³/mol. The van der Waals surface area contributed by atoms with Crippen LogP contribution in [0.15, 0.2) is 48.5 Å². The monoisotopic (exact) mass is 451 g/mol. The second-order valence-corrected chi connectivity index (χ2v) is 9.08. The summed E-state index contributed by atoms with van der Waals surface area (Å²) in [6.45, 7) is 8.01. The highest BCUT2D eigenvalue weighted by atomic mass is 16.6. The maximum absolute atomic E-state index is 12.7. The van der Waals surface area contributed by atoms with Gasteiger partial charge in [-0.25, -0.2) is 4.79 Å². The summed E-state index contributed by atoms with van der Waals surface area (Å²) in [6.07, 6.45) is -0.201. The number of carbonyl (C=O) groups is 1. The van der Waals surface area contributed by atoms with Crippen LogP contribution in [0, 0.1) is 0 Å². The minimum Gasteiger partial charge on any atom is -0.448 e. The summed E-state index contributed by atoms with van der Waals surface area (Å²) in [5.41, 5.74) is 4.98. The van der Waals surface area contributed by atoms with Crippen molar-refractivity contribution >= 4 is 6.09 Å². The van der Waals surface area contributed by atoms with Crippen molar-refractivity contribution in [1.82, 2.24) is 14.7 Å². The SMILES string of the molecule is O=C(OCC1c2ccccc2-c2ccccc21)N1CC(N2CCN(CCOCCO)CC2)C1. The van der Waals surface area contributed by atoms with Crippen LogP contribution in [0.2, 0.25) is 0 Å². The fraction of sp³-hybridized carbons (Fsp3) is 0.500. The van der Waals surface area contributed by atoms with Crippen molar-refractivity contribution in [3.8, 4) is 11.1 Å². The Kier molecular flexibility index (Phi) is 6.92. The highest BCUT2D eigenvalue weighted by Crippen LogP contribution is 2.44. The maximum Gasteiger partial charge on any atom is 0.409 e. The van der Waals surface area contributed by atoms with Crippen molar-refractivity contribution in [2.24, 2.45) is 0 Å². The first kappa shape index (κ1) is 22.3. The van der Waals surface area contributed by atoms with E-state index < -0.39 is 0 Å². The van der Waals surface area contributed by atoms with Gasteiger partial charge in [0.05, 0.1) is 19.8 Å². The molecule has 0 unspecified atom stereocenters.